The third-order valence-corrected chi connectivity index (χ3v) is 3.62. The van der Waals surface area contributed by atoms with Crippen molar-refractivity contribution in [1.82, 2.24) is 4.90 Å². The van der Waals surface area contributed by atoms with Crippen LogP contribution in [0.25, 0.3) is 0 Å². The first-order valence-corrected chi connectivity index (χ1v) is 5.76. The first kappa shape index (κ1) is 10.6. The second-order valence-electron chi connectivity index (χ2n) is 5.92. The van der Waals surface area contributed by atoms with E-state index in [2.05, 4.69) is 0 Å². The van der Waals surface area contributed by atoms with Crippen LogP contribution < -0.4 is 0 Å². The maximum Gasteiger partial charge on any atom is 0.412 e. The van der Waals surface area contributed by atoms with Gasteiger partial charge in [-0.25, -0.2) is 9.59 Å². The van der Waals surface area contributed by atoms with Gasteiger partial charge in [-0.05, 0) is 32.8 Å². The molecule has 0 aromatic rings. The molecule has 1 aliphatic heterocycles. The Hall–Kier alpha value is -1.52. The Morgan fingerprint density at radius 1 is 1.53 bits per heavy atom. The number of aliphatic carboxylic acids is 1. The van der Waals surface area contributed by atoms with Gasteiger partial charge in [0.25, 0.3) is 0 Å². The Balaban J connectivity index is 1.80. The van der Waals surface area contributed by atoms with E-state index < -0.39 is 23.7 Å². The molecule has 0 aromatic carbocycles. The van der Waals surface area contributed by atoms with Crippen LogP contribution in [0.3, 0.4) is 0 Å². The molecule has 1 spiro atoms. The van der Waals surface area contributed by atoms with E-state index in [4.69, 9.17) is 9.84 Å². The first-order chi connectivity index (χ1) is 7.77. The van der Waals surface area contributed by atoms with Crippen molar-refractivity contribution in [2.24, 2.45) is 5.92 Å². The van der Waals surface area contributed by atoms with Crippen molar-refractivity contribution in [2.75, 3.05) is 0 Å². The molecule has 0 radical (unpaired) electrons. The van der Waals surface area contributed by atoms with Crippen LogP contribution in [-0.2, 0) is 9.53 Å². The number of piperidine rings is 1. The zero-order chi connectivity index (χ0) is 12.6. The van der Waals surface area contributed by atoms with Crippen molar-refractivity contribution >= 4 is 12.1 Å². The second-order valence-corrected chi connectivity index (χ2v) is 5.92. The largest absolute Gasteiger partial charge is 0.480 e. The number of fused-ring (bicyclic) bond motifs is 1. The third-order valence-electron chi connectivity index (χ3n) is 3.62. The number of carboxylic acid groups (broad SMARTS) is 1. The molecule has 0 aromatic heterocycles. The molecule has 92 valence electrons. The van der Waals surface area contributed by atoms with Gasteiger partial charge in [0.2, 0.25) is 0 Å². The fourth-order valence-electron chi connectivity index (χ4n) is 2.80. The number of nitrogens with zero attached hydrogens (tertiary/aromatic N) is 1. The fraction of sp³-hybridized carbons (Fsp3) is 0.667. The lowest BCUT2D eigenvalue weighted by molar-refractivity contribution is -0.142. The molecule has 1 heterocycles. The van der Waals surface area contributed by atoms with E-state index in [-0.39, 0.29) is 11.5 Å². The van der Waals surface area contributed by atoms with Crippen molar-refractivity contribution in [3.8, 4) is 0 Å². The number of hydrogen-bond donors (Lipinski definition) is 1. The number of hydrogen-bond acceptors (Lipinski definition) is 3. The van der Waals surface area contributed by atoms with Gasteiger partial charge in [0.1, 0.15) is 11.6 Å². The minimum atomic E-state index is -0.947. The van der Waals surface area contributed by atoms with Crippen molar-refractivity contribution in [3.05, 3.63) is 11.6 Å². The average molecular weight is 237 g/mol. The van der Waals surface area contributed by atoms with E-state index in [1.54, 1.807) is 20.8 Å². The average Bonchev–Trinajstić information content (AvgIpc) is 2.93. The highest BCUT2D eigenvalue weighted by Crippen LogP contribution is 2.74. The summed E-state index contributed by atoms with van der Waals surface area (Å²) in [6.07, 6.45) is 1.97. The van der Waals surface area contributed by atoms with Crippen LogP contribution in [-0.4, -0.2) is 39.3 Å². The maximum absolute atomic E-state index is 12.1. The summed E-state index contributed by atoms with van der Waals surface area (Å²) in [4.78, 5) is 24.6. The van der Waals surface area contributed by atoms with E-state index in [9.17, 15) is 9.59 Å². The summed E-state index contributed by atoms with van der Waals surface area (Å²) < 4.78 is 5.28. The highest BCUT2D eigenvalue weighted by Gasteiger charge is 2.80. The van der Waals surface area contributed by atoms with Crippen LogP contribution in [0.1, 0.15) is 27.2 Å². The zero-order valence-corrected chi connectivity index (χ0v) is 10.1. The summed E-state index contributed by atoms with van der Waals surface area (Å²) in [7, 11) is 0. The monoisotopic (exact) mass is 237 g/mol. The molecule has 3 aliphatic rings. The van der Waals surface area contributed by atoms with E-state index in [1.807, 2.05) is 6.08 Å². The Kier molecular flexibility index (Phi) is 1.66. The number of likely N-dealkylation sites (tertiary alicyclic amines) is 1. The van der Waals surface area contributed by atoms with Gasteiger partial charge in [0.15, 0.2) is 0 Å². The van der Waals surface area contributed by atoms with Crippen LogP contribution >= 0.6 is 0 Å². The van der Waals surface area contributed by atoms with Gasteiger partial charge < -0.3 is 9.84 Å². The molecule has 5 heteroatoms. The summed E-state index contributed by atoms with van der Waals surface area (Å²) in [5.41, 5.74) is 0.269. The normalized spacial score (nSPS) is 36.9. The van der Waals surface area contributed by atoms with Gasteiger partial charge in [0, 0.05) is 5.92 Å². The number of rotatable bonds is 1. The highest BCUT2D eigenvalue weighted by molar-refractivity contribution is 5.89. The van der Waals surface area contributed by atoms with Crippen LogP contribution in [0.4, 0.5) is 4.79 Å². The number of ether oxygens (including phenoxy) is 1. The number of carbonyl (C=O) groups is 2. The molecule has 3 rings (SSSR count). The van der Waals surface area contributed by atoms with Crippen molar-refractivity contribution in [2.45, 2.75) is 44.4 Å². The summed E-state index contributed by atoms with van der Waals surface area (Å²) in [6, 6.07) is -0.739. The van der Waals surface area contributed by atoms with Gasteiger partial charge >= 0.3 is 12.1 Å². The molecular weight excluding hydrogens is 222 g/mol. The third kappa shape index (κ3) is 1.25. The zero-order valence-electron chi connectivity index (χ0n) is 10.1. The van der Waals surface area contributed by atoms with Gasteiger partial charge in [-0.15, -0.1) is 0 Å². The molecule has 1 amide bonds. The predicted octanol–water partition coefficient (Wildman–Crippen LogP) is 1.39. The van der Waals surface area contributed by atoms with Gasteiger partial charge in [-0.2, -0.15) is 0 Å². The molecule has 1 saturated carbocycles. The number of amides is 1. The van der Waals surface area contributed by atoms with Crippen molar-refractivity contribution < 1.29 is 19.4 Å². The van der Waals surface area contributed by atoms with E-state index in [0.717, 1.165) is 0 Å². The minimum absolute atomic E-state index is 0.274. The minimum Gasteiger partial charge on any atom is -0.480 e. The number of carbonyl (C=O) groups excluding carboxylic acids is 1. The lowest BCUT2D eigenvalue weighted by Crippen LogP contribution is -2.47. The molecule has 17 heavy (non-hydrogen) atoms. The lowest BCUT2D eigenvalue weighted by atomic mass is 10.1. The molecule has 0 bridgehead atoms. The topological polar surface area (TPSA) is 66.8 Å². The van der Waals surface area contributed by atoms with E-state index in [0.29, 0.717) is 6.42 Å². The highest BCUT2D eigenvalue weighted by atomic mass is 16.6. The fourth-order valence-corrected chi connectivity index (χ4v) is 2.80. The van der Waals surface area contributed by atoms with E-state index in [1.165, 1.54) is 10.5 Å². The standard InChI is InChI=1S/C12H15NO4/c1-11(2,3)17-10(16)13-8(9(14)15)4-6-7-5-12(6,7)13/h5-6,8H,4H2,1-3H3,(H,14,15)/t6-,8?,12+/m0/s1. The Bertz CT molecular complexity index is 462. The molecule has 2 aliphatic carbocycles. The first-order valence-electron chi connectivity index (χ1n) is 5.76. The van der Waals surface area contributed by atoms with Crippen LogP contribution in [0.15, 0.2) is 11.6 Å². The van der Waals surface area contributed by atoms with Gasteiger partial charge in [-0.1, -0.05) is 6.08 Å². The molecule has 1 saturated heterocycles. The maximum atomic E-state index is 12.1. The second kappa shape index (κ2) is 2.66. The lowest BCUT2D eigenvalue weighted by Gasteiger charge is -2.29. The summed E-state index contributed by atoms with van der Waals surface area (Å²) in [5, 5.41) is 9.13. The van der Waals surface area contributed by atoms with Crippen LogP contribution in [0, 0.1) is 5.92 Å². The predicted molar refractivity (Wildman–Crippen MR) is 58.4 cm³/mol. The molecule has 2 fully saturated rings. The quantitative estimate of drug-likeness (QED) is 0.700. The van der Waals surface area contributed by atoms with Crippen molar-refractivity contribution in [3.63, 3.8) is 0 Å². The van der Waals surface area contributed by atoms with Crippen molar-refractivity contribution in [1.29, 1.82) is 0 Å². The van der Waals surface area contributed by atoms with Gasteiger partial charge in [0.05, 0.1) is 5.54 Å². The van der Waals surface area contributed by atoms with Crippen LogP contribution in [0.5, 0.6) is 0 Å². The Morgan fingerprint density at radius 3 is 2.65 bits per heavy atom. The number of carboxylic acids is 1. The summed E-state index contributed by atoms with van der Waals surface area (Å²) in [5.74, 6) is -0.673. The Labute approximate surface area is 99.0 Å². The summed E-state index contributed by atoms with van der Waals surface area (Å²) >= 11 is 0. The molecular formula is C12H15NO4. The Morgan fingerprint density at radius 2 is 2.18 bits per heavy atom. The molecule has 5 nitrogen and oxygen atoms in total. The van der Waals surface area contributed by atoms with Crippen LogP contribution in [0.2, 0.25) is 0 Å². The molecule has 1 N–H and O–H groups in total. The SMILES string of the molecule is CC(C)(C)OC(=O)N1C(C(=O)O)C[C@H]2C3=C[C@]321. The summed E-state index contributed by atoms with van der Waals surface area (Å²) in [6.45, 7) is 5.33. The molecule has 1 unspecified atom stereocenters. The molecule has 3 atom stereocenters. The van der Waals surface area contributed by atoms with E-state index >= 15 is 0 Å². The smallest absolute Gasteiger partial charge is 0.412 e. The van der Waals surface area contributed by atoms with Gasteiger partial charge in [-0.3, -0.25) is 4.90 Å².